The Hall–Kier alpha value is -1.19. The summed E-state index contributed by atoms with van der Waals surface area (Å²) >= 11 is 0. The van der Waals surface area contributed by atoms with Crippen LogP contribution < -0.4 is 5.32 Å². The molecule has 0 amide bonds. The molecule has 0 aliphatic carbocycles. The highest BCUT2D eigenvalue weighted by molar-refractivity contribution is 5.77. The number of nitrogens with one attached hydrogen (secondary N) is 1. The van der Waals surface area contributed by atoms with Crippen molar-refractivity contribution < 1.29 is 9.90 Å². The minimum Gasteiger partial charge on any atom is -0.388 e. The molecule has 3 heteroatoms. The van der Waals surface area contributed by atoms with Crippen LogP contribution in [0, 0.1) is 5.92 Å². The minimum atomic E-state index is -0.526. The number of carbonyl (C=O) groups excluding carboxylic acids is 1. The van der Waals surface area contributed by atoms with Crippen molar-refractivity contribution in [3.05, 3.63) is 35.4 Å². The van der Waals surface area contributed by atoms with Gasteiger partial charge in [0.2, 0.25) is 0 Å². The Bertz CT molecular complexity index is 345. The maximum absolute atomic E-state index is 10.8. The quantitative estimate of drug-likeness (QED) is 0.727. The molecule has 15 heavy (non-hydrogen) atoms. The van der Waals surface area contributed by atoms with Crippen LogP contribution in [0.25, 0.3) is 0 Å². The molecule has 1 saturated heterocycles. The lowest BCUT2D eigenvalue weighted by atomic mass is 9.92. The summed E-state index contributed by atoms with van der Waals surface area (Å²) in [6, 6.07) is 7.24. The Balaban J connectivity index is 2.23. The standard InChI is InChI=1S/C12H15NO2/c14-8-10-3-1-2-4-11(10)12(15)9-5-6-13-7-9/h1-4,8-9,12-13,15H,5-7H2. The molecule has 2 atom stereocenters. The van der Waals surface area contributed by atoms with E-state index in [1.807, 2.05) is 18.2 Å². The van der Waals surface area contributed by atoms with Gasteiger partial charge in [-0.05, 0) is 18.5 Å². The number of aliphatic hydroxyl groups excluding tert-OH is 1. The monoisotopic (exact) mass is 205 g/mol. The predicted octanol–water partition coefficient (Wildman–Crippen LogP) is 1.14. The van der Waals surface area contributed by atoms with Crippen LogP contribution >= 0.6 is 0 Å². The highest BCUT2D eigenvalue weighted by atomic mass is 16.3. The fourth-order valence-corrected chi connectivity index (χ4v) is 2.09. The molecule has 1 fully saturated rings. The van der Waals surface area contributed by atoms with Crippen LogP contribution in [0.4, 0.5) is 0 Å². The van der Waals surface area contributed by atoms with Gasteiger partial charge in [0.25, 0.3) is 0 Å². The molecule has 80 valence electrons. The number of aldehydes is 1. The molecule has 2 unspecified atom stereocenters. The molecule has 1 aliphatic rings. The van der Waals surface area contributed by atoms with E-state index in [1.54, 1.807) is 6.07 Å². The van der Waals surface area contributed by atoms with Crippen molar-refractivity contribution in [2.75, 3.05) is 13.1 Å². The number of carbonyl (C=O) groups is 1. The van der Waals surface area contributed by atoms with Crippen LogP contribution in [0.5, 0.6) is 0 Å². The smallest absolute Gasteiger partial charge is 0.150 e. The van der Waals surface area contributed by atoms with Crippen LogP contribution in [0.3, 0.4) is 0 Å². The van der Waals surface area contributed by atoms with Gasteiger partial charge in [-0.25, -0.2) is 0 Å². The summed E-state index contributed by atoms with van der Waals surface area (Å²) in [5, 5.41) is 13.3. The molecule has 0 radical (unpaired) electrons. The number of aliphatic hydroxyl groups is 1. The summed E-state index contributed by atoms with van der Waals surface area (Å²) in [6.45, 7) is 1.78. The molecule has 2 N–H and O–H groups in total. The lowest BCUT2D eigenvalue weighted by molar-refractivity contribution is 0.107. The maximum atomic E-state index is 10.8. The van der Waals surface area contributed by atoms with Crippen LogP contribution in [-0.4, -0.2) is 24.5 Å². The maximum Gasteiger partial charge on any atom is 0.150 e. The Morgan fingerprint density at radius 2 is 2.27 bits per heavy atom. The fraction of sp³-hybridized carbons (Fsp3) is 0.417. The van der Waals surface area contributed by atoms with E-state index in [4.69, 9.17) is 0 Å². The number of rotatable bonds is 3. The van der Waals surface area contributed by atoms with Gasteiger partial charge in [-0.3, -0.25) is 4.79 Å². The summed E-state index contributed by atoms with van der Waals surface area (Å²) in [5.41, 5.74) is 1.35. The second kappa shape index (κ2) is 4.55. The van der Waals surface area contributed by atoms with E-state index in [2.05, 4.69) is 5.32 Å². The van der Waals surface area contributed by atoms with Gasteiger partial charge < -0.3 is 10.4 Å². The first-order valence-corrected chi connectivity index (χ1v) is 5.26. The van der Waals surface area contributed by atoms with Crippen LogP contribution in [0.2, 0.25) is 0 Å². The Kier molecular flexibility index (Phi) is 3.14. The van der Waals surface area contributed by atoms with Gasteiger partial charge in [-0.15, -0.1) is 0 Å². The molecule has 2 rings (SSSR count). The van der Waals surface area contributed by atoms with Gasteiger partial charge in [0.1, 0.15) is 6.29 Å². The summed E-state index contributed by atoms with van der Waals surface area (Å²) in [7, 11) is 0. The van der Waals surface area contributed by atoms with Gasteiger partial charge in [0.15, 0.2) is 0 Å². The largest absolute Gasteiger partial charge is 0.388 e. The lowest BCUT2D eigenvalue weighted by Crippen LogP contribution is -2.17. The third-order valence-electron chi connectivity index (χ3n) is 2.99. The first-order valence-electron chi connectivity index (χ1n) is 5.26. The van der Waals surface area contributed by atoms with Crippen molar-refractivity contribution in [1.29, 1.82) is 0 Å². The van der Waals surface area contributed by atoms with E-state index in [0.717, 1.165) is 31.4 Å². The zero-order valence-corrected chi connectivity index (χ0v) is 8.52. The van der Waals surface area contributed by atoms with Crippen molar-refractivity contribution in [3.63, 3.8) is 0 Å². The molecule has 0 spiro atoms. The van der Waals surface area contributed by atoms with E-state index < -0.39 is 6.10 Å². The van der Waals surface area contributed by atoms with Crippen molar-refractivity contribution in [2.45, 2.75) is 12.5 Å². The average molecular weight is 205 g/mol. The normalized spacial score (nSPS) is 22.6. The van der Waals surface area contributed by atoms with Gasteiger partial charge in [-0.1, -0.05) is 24.3 Å². The van der Waals surface area contributed by atoms with Crippen LogP contribution in [0.1, 0.15) is 28.4 Å². The first kappa shape index (κ1) is 10.3. The van der Waals surface area contributed by atoms with Crippen LogP contribution in [-0.2, 0) is 0 Å². The van der Waals surface area contributed by atoms with E-state index >= 15 is 0 Å². The molecule has 3 nitrogen and oxygen atoms in total. The SMILES string of the molecule is O=Cc1ccccc1C(O)C1CCNC1. The molecule has 0 saturated carbocycles. The molecule has 0 bridgehead atoms. The fourth-order valence-electron chi connectivity index (χ4n) is 2.09. The van der Waals surface area contributed by atoms with Gasteiger partial charge in [0.05, 0.1) is 6.10 Å². The number of hydrogen-bond donors (Lipinski definition) is 2. The van der Waals surface area contributed by atoms with Gasteiger partial charge in [0, 0.05) is 18.0 Å². The summed E-state index contributed by atoms with van der Waals surface area (Å²) in [4.78, 5) is 10.8. The molecular weight excluding hydrogens is 190 g/mol. The van der Waals surface area contributed by atoms with Gasteiger partial charge >= 0.3 is 0 Å². The zero-order chi connectivity index (χ0) is 10.7. The van der Waals surface area contributed by atoms with E-state index in [-0.39, 0.29) is 5.92 Å². The highest BCUT2D eigenvalue weighted by Gasteiger charge is 2.25. The summed E-state index contributed by atoms with van der Waals surface area (Å²) in [5.74, 6) is 0.228. The Morgan fingerprint density at radius 3 is 2.93 bits per heavy atom. The number of hydrogen-bond acceptors (Lipinski definition) is 3. The summed E-state index contributed by atoms with van der Waals surface area (Å²) < 4.78 is 0. The van der Waals surface area contributed by atoms with Crippen molar-refractivity contribution in [1.82, 2.24) is 5.32 Å². The van der Waals surface area contributed by atoms with Crippen molar-refractivity contribution in [3.8, 4) is 0 Å². The molecule has 1 heterocycles. The third-order valence-corrected chi connectivity index (χ3v) is 2.99. The van der Waals surface area contributed by atoms with E-state index in [1.165, 1.54) is 0 Å². The van der Waals surface area contributed by atoms with Crippen LogP contribution in [0.15, 0.2) is 24.3 Å². The Morgan fingerprint density at radius 1 is 1.47 bits per heavy atom. The van der Waals surface area contributed by atoms with Crippen molar-refractivity contribution >= 4 is 6.29 Å². The third kappa shape index (κ3) is 2.08. The molecular formula is C12H15NO2. The Labute approximate surface area is 89.1 Å². The number of benzene rings is 1. The van der Waals surface area contributed by atoms with Crippen molar-refractivity contribution in [2.24, 2.45) is 5.92 Å². The van der Waals surface area contributed by atoms with E-state index in [9.17, 15) is 9.90 Å². The molecule has 1 aliphatic heterocycles. The summed E-state index contributed by atoms with van der Waals surface area (Å²) in [6.07, 6.45) is 1.25. The second-order valence-electron chi connectivity index (χ2n) is 3.94. The predicted molar refractivity (Wildman–Crippen MR) is 57.8 cm³/mol. The minimum absolute atomic E-state index is 0.228. The van der Waals surface area contributed by atoms with Gasteiger partial charge in [-0.2, -0.15) is 0 Å². The lowest BCUT2D eigenvalue weighted by Gasteiger charge is -2.18. The molecule has 1 aromatic carbocycles. The first-order chi connectivity index (χ1) is 7.33. The zero-order valence-electron chi connectivity index (χ0n) is 8.52. The average Bonchev–Trinajstić information content (AvgIpc) is 2.81. The topological polar surface area (TPSA) is 49.3 Å². The highest BCUT2D eigenvalue weighted by Crippen LogP contribution is 2.28. The van der Waals surface area contributed by atoms with E-state index in [0.29, 0.717) is 5.56 Å². The molecule has 0 aromatic heterocycles. The second-order valence-corrected chi connectivity index (χ2v) is 3.94. The molecule has 1 aromatic rings.